The largest absolute Gasteiger partial charge is 0.298 e. The molecule has 0 atom stereocenters. The highest BCUT2D eigenvalue weighted by Gasteiger charge is 2.28. The van der Waals surface area contributed by atoms with E-state index in [1.54, 1.807) is 0 Å². The Balaban J connectivity index is 1.24. The number of aromatic nitrogens is 3. The molecule has 224 valence electrons. The van der Waals surface area contributed by atoms with Gasteiger partial charge in [0.05, 0.1) is 45.1 Å². The van der Waals surface area contributed by atoms with Gasteiger partial charge in [-0.05, 0) is 29.8 Å². The average molecular weight is 614 g/mol. The number of nitrogens with one attached hydrogen (secondary N) is 2. The first kappa shape index (κ1) is 27.7. The van der Waals surface area contributed by atoms with Crippen molar-refractivity contribution in [2.24, 2.45) is 0 Å². The van der Waals surface area contributed by atoms with Crippen molar-refractivity contribution in [3.05, 3.63) is 162 Å². The predicted molar refractivity (Wildman–Crippen MR) is 198 cm³/mol. The van der Waals surface area contributed by atoms with E-state index in [0.29, 0.717) is 0 Å². The third-order valence-electron chi connectivity index (χ3n) is 9.10. The van der Waals surface area contributed by atoms with Gasteiger partial charge in [0.25, 0.3) is 0 Å². The number of benzene rings is 5. The lowest BCUT2D eigenvalue weighted by Crippen LogP contribution is -2.21. The van der Waals surface area contributed by atoms with Crippen molar-refractivity contribution in [1.29, 1.82) is 10.8 Å². The van der Waals surface area contributed by atoms with Gasteiger partial charge in [0.2, 0.25) is 0 Å². The molecule has 5 aromatic carbocycles. The Morgan fingerprint density at radius 3 is 1.60 bits per heavy atom. The van der Waals surface area contributed by atoms with Crippen molar-refractivity contribution < 1.29 is 0 Å². The average Bonchev–Trinajstić information content (AvgIpc) is 3.16. The van der Waals surface area contributed by atoms with Crippen LogP contribution in [-0.4, -0.2) is 26.4 Å². The first-order valence-corrected chi connectivity index (χ1v) is 15.9. The highest BCUT2D eigenvalue weighted by Crippen LogP contribution is 2.39. The molecule has 3 aromatic heterocycles. The van der Waals surface area contributed by atoms with Crippen LogP contribution in [0.3, 0.4) is 0 Å². The summed E-state index contributed by atoms with van der Waals surface area (Å²) in [7, 11) is 0. The van der Waals surface area contributed by atoms with Crippen molar-refractivity contribution >= 4 is 55.8 Å². The van der Waals surface area contributed by atoms with Gasteiger partial charge in [-0.1, -0.05) is 127 Å². The topological polar surface area (TPSA) is 86.4 Å². The van der Waals surface area contributed by atoms with Crippen LogP contribution in [0, 0.1) is 10.8 Å². The van der Waals surface area contributed by atoms with E-state index in [4.69, 9.17) is 20.4 Å². The van der Waals surface area contributed by atoms with Gasteiger partial charge in [-0.25, -0.2) is 15.0 Å². The van der Waals surface area contributed by atoms with Crippen LogP contribution in [0.15, 0.2) is 146 Å². The van der Waals surface area contributed by atoms with Gasteiger partial charge in [-0.2, -0.15) is 0 Å². The zero-order valence-electron chi connectivity index (χ0n) is 25.8. The lowest BCUT2D eigenvalue weighted by molar-refractivity contribution is 1.35. The van der Waals surface area contributed by atoms with Gasteiger partial charge in [-0.3, -0.25) is 10.8 Å². The zero-order chi connectivity index (χ0) is 32.2. The standard InChI is InChI=1S/C43H27N5/c44-39-33(26-10-4-1-5-11-26)25-34-38(40(39)45)32-21-18-31(24-37(32)48-41(34)28-14-8-3-9-15-28)36-23-20-30-17-16-29-19-22-35(27-12-6-2-7-13-27)46-42(29)43(30)47-36/h1-25,44-45H. The fourth-order valence-corrected chi connectivity index (χ4v) is 6.68. The number of fused-ring (bicyclic) bond motifs is 6. The maximum absolute atomic E-state index is 9.25. The van der Waals surface area contributed by atoms with E-state index in [1.165, 1.54) is 0 Å². The molecule has 0 unspecified atom stereocenters. The summed E-state index contributed by atoms with van der Waals surface area (Å²) in [6.07, 6.45) is 2.03. The summed E-state index contributed by atoms with van der Waals surface area (Å²) < 4.78 is 0. The normalized spacial score (nSPS) is 12.8. The smallest absolute Gasteiger partial charge is 0.0972 e. The third-order valence-corrected chi connectivity index (χ3v) is 9.10. The van der Waals surface area contributed by atoms with Crippen LogP contribution in [0.1, 0.15) is 16.7 Å². The predicted octanol–water partition coefficient (Wildman–Crippen LogP) is 10.3. The first-order chi connectivity index (χ1) is 23.6. The van der Waals surface area contributed by atoms with E-state index in [2.05, 4.69) is 48.5 Å². The highest BCUT2D eigenvalue weighted by atomic mass is 14.8. The first-order valence-electron chi connectivity index (χ1n) is 15.9. The van der Waals surface area contributed by atoms with E-state index >= 15 is 0 Å². The maximum atomic E-state index is 9.25. The molecule has 5 nitrogen and oxygen atoms in total. The molecule has 0 saturated carbocycles. The zero-order valence-corrected chi connectivity index (χ0v) is 25.8. The second kappa shape index (κ2) is 11.0. The quantitative estimate of drug-likeness (QED) is 0.194. The lowest BCUT2D eigenvalue weighted by atomic mass is 9.82. The molecule has 9 rings (SSSR count). The minimum Gasteiger partial charge on any atom is -0.298 e. The van der Waals surface area contributed by atoms with Gasteiger partial charge in [0.15, 0.2) is 0 Å². The molecule has 0 bridgehead atoms. The number of rotatable bonds is 4. The molecule has 5 heteroatoms. The monoisotopic (exact) mass is 613 g/mol. The Morgan fingerprint density at radius 1 is 0.438 bits per heavy atom. The molecule has 1 aliphatic rings. The lowest BCUT2D eigenvalue weighted by Gasteiger charge is -2.23. The second-order valence-corrected chi connectivity index (χ2v) is 12.0. The van der Waals surface area contributed by atoms with E-state index in [-0.39, 0.29) is 11.4 Å². The molecular formula is C43H27N5. The van der Waals surface area contributed by atoms with Gasteiger partial charge in [-0.15, -0.1) is 0 Å². The molecule has 8 aromatic rings. The SMILES string of the molecule is N=C1C(=N)c2c(c(-c3ccccc3)nc3cc(-c4ccc5ccc6ccc(-c7ccccc7)nc6c5n4)ccc23)C=C1c1ccccc1. The van der Waals surface area contributed by atoms with Crippen LogP contribution in [0.4, 0.5) is 0 Å². The molecule has 48 heavy (non-hydrogen) atoms. The summed E-state index contributed by atoms with van der Waals surface area (Å²) in [5, 5.41) is 21.2. The molecule has 0 radical (unpaired) electrons. The van der Waals surface area contributed by atoms with Crippen molar-refractivity contribution in [1.82, 2.24) is 15.0 Å². The second-order valence-electron chi connectivity index (χ2n) is 12.0. The summed E-state index contributed by atoms with van der Waals surface area (Å²) in [4.78, 5) is 15.5. The third kappa shape index (κ3) is 4.52. The minimum absolute atomic E-state index is 0.194. The van der Waals surface area contributed by atoms with Crippen LogP contribution >= 0.6 is 0 Å². The summed E-state index contributed by atoms with van der Waals surface area (Å²) in [6.45, 7) is 0. The van der Waals surface area contributed by atoms with Crippen LogP contribution in [-0.2, 0) is 0 Å². The van der Waals surface area contributed by atoms with Crippen molar-refractivity contribution in [3.8, 4) is 33.8 Å². The number of hydrogen-bond acceptors (Lipinski definition) is 5. The molecule has 1 aliphatic carbocycles. The van der Waals surface area contributed by atoms with Gasteiger partial charge in [0, 0.05) is 49.5 Å². The Morgan fingerprint density at radius 2 is 0.979 bits per heavy atom. The number of allylic oxidation sites excluding steroid dienone is 1. The van der Waals surface area contributed by atoms with E-state index in [9.17, 15) is 5.41 Å². The molecule has 0 fully saturated rings. The molecular weight excluding hydrogens is 587 g/mol. The van der Waals surface area contributed by atoms with Gasteiger partial charge in [0.1, 0.15) is 0 Å². The van der Waals surface area contributed by atoms with E-state index in [1.807, 2.05) is 103 Å². The fraction of sp³-hybridized carbons (Fsp3) is 0. The molecule has 0 amide bonds. The van der Waals surface area contributed by atoms with Crippen molar-refractivity contribution in [2.75, 3.05) is 0 Å². The van der Waals surface area contributed by atoms with E-state index < -0.39 is 0 Å². The van der Waals surface area contributed by atoms with Crippen molar-refractivity contribution in [3.63, 3.8) is 0 Å². The number of nitrogens with zero attached hydrogens (tertiary/aromatic N) is 3. The Labute approximate surface area is 276 Å². The van der Waals surface area contributed by atoms with Crippen LogP contribution < -0.4 is 0 Å². The van der Waals surface area contributed by atoms with Gasteiger partial charge < -0.3 is 0 Å². The highest BCUT2D eigenvalue weighted by molar-refractivity contribution is 6.64. The summed E-state index contributed by atoms with van der Waals surface area (Å²) in [5.74, 6) is 0. The summed E-state index contributed by atoms with van der Waals surface area (Å²) in [6, 6.07) is 48.8. The molecule has 0 spiro atoms. The Bertz CT molecular complexity index is 2630. The fourth-order valence-electron chi connectivity index (χ4n) is 6.68. The van der Waals surface area contributed by atoms with E-state index in [0.717, 1.165) is 88.7 Å². The summed E-state index contributed by atoms with van der Waals surface area (Å²) in [5.41, 5.74) is 11.5. The van der Waals surface area contributed by atoms with Gasteiger partial charge >= 0.3 is 0 Å². The number of hydrogen-bond donors (Lipinski definition) is 2. The van der Waals surface area contributed by atoms with Crippen molar-refractivity contribution in [2.45, 2.75) is 0 Å². The molecule has 2 N–H and O–H groups in total. The van der Waals surface area contributed by atoms with Crippen LogP contribution in [0.2, 0.25) is 0 Å². The Kier molecular flexibility index (Phi) is 6.37. The number of pyridine rings is 3. The van der Waals surface area contributed by atoms with Crippen LogP contribution in [0.25, 0.3) is 78.1 Å². The minimum atomic E-state index is 0.194. The molecule has 0 saturated heterocycles. The molecule has 3 heterocycles. The Hall–Kier alpha value is -6.59. The molecule has 0 aliphatic heterocycles. The maximum Gasteiger partial charge on any atom is 0.0972 e. The van der Waals surface area contributed by atoms with Crippen LogP contribution in [0.5, 0.6) is 0 Å². The summed E-state index contributed by atoms with van der Waals surface area (Å²) >= 11 is 0.